The number of aryl methyl sites for hydroxylation is 1. The zero-order valence-electron chi connectivity index (χ0n) is 18.4. The van der Waals surface area contributed by atoms with Crippen LogP contribution >= 0.6 is 0 Å². The SMILES string of the molecule is CNC1CCN(c2cnc(-c3ccc4nn(C)cc4c3)c(-c3ccc(C#N)cc3)c2)CC1. The lowest BCUT2D eigenvalue weighted by atomic mass is 9.97. The lowest BCUT2D eigenvalue weighted by Crippen LogP contribution is -2.41. The van der Waals surface area contributed by atoms with E-state index in [1.54, 1.807) is 0 Å². The third kappa shape index (κ3) is 3.83. The van der Waals surface area contributed by atoms with E-state index in [1.165, 1.54) is 0 Å². The molecule has 0 aliphatic carbocycles. The number of pyridine rings is 1. The lowest BCUT2D eigenvalue weighted by molar-refractivity contribution is 0.442. The Morgan fingerprint density at radius 3 is 2.50 bits per heavy atom. The van der Waals surface area contributed by atoms with E-state index in [9.17, 15) is 5.26 Å². The van der Waals surface area contributed by atoms with Gasteiger partial charge in [0.05, 0.1) is 34.7 Å². The standard InChI is InChI=1S/C26H26N6/c1-28-22-9-11-32(12-10-22)23-14-24(19-5-3-18(15-27)4-6-19)26(29-16-23)20-7-8-25-21(13-20)17-31(2)30-25/h3-8,13-14,16-17,22,28H,9-12H2,1-2H3. The number of piperidine rings is 1. The van der Waals surface area contributed by atoms with Crippen molar-refractivity contribution in [1.82, 2.24) is 20.1 Å². The van der Waals surface area contributed by atoms with Crippen molar-refractivity contribution in [2.24, 2.45) is 7.05 Å². The van der Waals surface area contributed by atoms with Gasteiger partial charge in [0.25, 0.3) is 0 Å². The maximum Gasteiger partial charge on any atom is 0.0991 e. The Labute approximate surface area is 188 Å². The number of fused-ring (bicyclic) bond motifs is 1. The minimum atomic E-state index is 0.586. The highest BCUT2D eigenvalue weighted by Gasteiger charge is 2.20. The number of nitrogens with zero attached hydrogens (tertiary/aromatic N) is 5. The molecular formula is C26H26N6. The predicted octanol–water partition coefficient (Wildman–Crippen LogP) is 4.36. The highest BCUT2D eigenvalue weighted by atomic mass is 15.2. The van der Waals surface area contributed by atoms with Crippen LogP contribution in [0.1, 0.15) is 18.4 Å². The zero-order valence-corrected chi connectivity index (χ0v) is 18.4. The van der Waals surface area contributed by atoms with Crippen molar-refractivity contribution in [3.63, 3.8) is 0 Å². The smallest absolute Gasteiger partial charge is 0.0991 e. The second-order valence-corrected chi connectivity index (χ2v) is 8.41. The van der Waals surface area contributed by atoms with E-state index >= 15 is 0 Å². The normalized spacial score (nSPS) is 14.6. The molecule has 32 heavy (non-hydrogen) atoms. The molecule has 6 nitrogen and oxygen atoms in total. The number of rotatable bonds is 4. The molecule has 4 aromatic rings. The van der Waals surface area contributed by atoms with E-state index < -0.39 is 0 Å². The summed E-state index contributed by atoms with van der Waals surface area (Å²) in [5.74, 6) is 0. The fraction of sp³-hybridized carbons (Fsp3) is 0.269. The molecule has 0 unspecified atom stereocenters. The fourth-order valence-corrected chi connectivity index (χ4v) is 4.52. The van der Waals surface area contributed by atoms with Crippen LogP contribution in [0.5, 0.6) is 0 Å². The molecule has 6 heteroatoms. The van der Waals surface area contributed by atoms with Crippen molar-refractivity contribution >= 4 is 16.6 Å². The number of aromatic nitrogens is 3. The second kappa shape index (κ2) is 8.45. The molecule has 5 rings (SSSR count). The minimum absolute atomic E-state index is 0.586. The van der Waals surface area contributed by atoms with E-state index in [0.717, 1.165) is 64.9 Å². The number of hydrogen-bond donors (Lipinski definition) is 1. The van der Waals surface area contributed by atoms with Crippen molar-refractivity contribution in [2.45, 2.75) is 18.9 Å². The topological polar surface area (TPSA) is 69.8 Å². The van der Waals surface area contributed by atoms with Crippen LogP contribution in [-0.4, -0.2) is 40.9 Å². The number of benzene rings is 2. The first-order valence-electron chi connectivity index (χ1n) is 11.0. The fourth-order valence-electron chi connectivity index (χ4n) is 4.52. The van der Waals surface area contributed by atoms with Gasteiger partial charge in [-0.2, -0.15) is 10.4 Å². The van der Waals surface area contributed by atoms with Crippen LogP contribution < -0.4 is 10.2 Å². The lowest BCUT2D eigenvalue weighted by Gasteiger charge is -2.33. The van der Waals surface area contributed by atoms with Gasteiger partial charge < -0.3 is 10.2 Å². The highest BCUT2D eigenvalue weighted by Crippen LogP contribution is 2.35. The van der Waals surface area contributed by atoms with Crippen molar-refractivity contribution in [3.8, 4) is 28.5 Å². The van der Waals surface area contributed by atoms with Crippen LogP contribution in [0, 0.1) is 11.3 Å². The summed E-state index contributed by atoms with van der Waals surface area (Å²) in [6.07, 6.45) is 6.28. The summed E-state index contributed by atoms with van der Waals surface area (Å²) in [6, 6.07) is 19.1. The Bertz CT molecular complexity index is 1290. The van der Waals surface area contributed by atoms with Crippen molar-refractivity contribution in [2.75, 3.05) is 25.0 Å². The van der Waals surface area contributed by atoms with Gasteiger partial charge in [0.15, 0.2) is 0 Å². The Kier molecular flexibility index (Phi) is 5.34. The molecule has 0 bridgehead atoms. The quantitative estimate of drug-likeness (QED) is 0.529. The third-order valence-electron chi connectivity index (χ3n) is 6.36. The molecule has 0 saturated carbocycles. The summed E-state index contributed by atoms with van der Waals surface area (Å²) in [5, 5.41) is 18.2. The molecule has 0 radical (unpaired) electrons. The van der Waals surface area contributed by atoms with Gasteiger partial charge >= 0.3 is 0 Å². The van der Waals surface area contributed by atoms with Gasteiger partial charge in [0.1, 0.15) is 0 Å². The van der Waals surface area contributed by atoms with Gasteiger partial charge in [-0.3, -0.25) is 9.67 Å². The number of anilines is 1. The number of nitrogens with one attached hydrogen (secondary N) is 1. The first-order chi connectivity index (χ1) is 15.6. The molecule has 160 valence electrons. The Hall–Kier alpha value is -3.69. The maximum atomic E-state index is 9.21. The molecule has 0 spiro atoms. The van der Waals surface area contributed by atoms with Gasteiger partial charge in [-0.25, -0.2) is 0 Å². The van der Waals surface area contributed by atoms with E-state index in [1.807, 2.05) is 61.5 Å². The molecule has 3 heterocycles. The monoisotopic (exact) mass is 422 g/mol. The summed E-state index contributed by atoms with van der Waals surface area (Å²) in [6.45, 7) is 2.03. The molecular weight excluding hydrogens is 396 g/mol. The van der Waals surface area contributed by atoms with Crippen LogP contribution in [0.2, 0.25) is 0 Å². The van der Waals surface area contributed by atoms with E-state index in [2.05, 4.69) is 39.6 Å². The average Bonchev–Trinajstić information content (AvgIpc) is 3.23. The van der Waals surface area contributed by atoms with Gasteiger partial charge in [0, 0.05) is 48.9 Å². The summed E-state index contributed by atoms with van der Waals surface area (Å²) in [7, 11) is 3.98. The third-order valence-corrected chi connectivity index (χ3v) is 6.36. The van der Waals surface area contributed by atoms with E-state index in [4.69, 9.17) is 4.98 Å². The zero-order chi connectivity index (χ0) is 22.1. The predicted molar refractivity (Wildman–Crippen MR) is 128 cm³/mol. The summed E-state index contributed by atoms with van der Waals surface area (Å²) in [5.41, 5.74) is 6.91. The first-order valence-corrected chi connectivity index (χ1v) is 11.0. The molecule has 1 N–H and O–H groups in total. The highest BCUT2D eigenvalue weighted by molar-refractivity contribution is 5.89. The Morgan fingerprint density at radius 2 is 1.78 bits per heavy atom. The second-order valence-electron chi connectivity index (χ2n) is 8.41. The van der Waals surface area contributed by atoms with Crippen LogP contribution in [0.3, 0.4) is 0 Å². The van der Waals surface area contributed by atoms with Gasteiger partial charge in [-0.15, -0.1) is 0 Å². The Morgan fingerprint density at radius 1 is 1.03 bits per heavy atom. The number of hydrogen-bond acceptors (Lipinski definition) is 5. The molecule has 2 aromatic heterocycles. The molecule has 1 saturated heterocycles. The van der Waals surface area contributed by atoms with Crippen molar-refractivity contribution in [3.05, 3.63) is 66.5 Å². The van der Waals surface area contributed by atoms with Gasteiger partial charge in [-0.05, 0) is 55.8 Å². The van der Waals surface area contributed by atoms with E-state index in [-0.39, 0.29) is 0 Å². The molecule has 0 atom stereocenters. The van der Waals surface area contributed by atoms with E-state index in [0.29, 0.717) is 11.6 Å². The molecule has 2 aromatic carbocycles. The molecule has 1 aliphatic rings. The maximum absolute atomic E-state index is 9.21. The van der Waals surface area contributed by atoms with Crippen molar-refractivity contribution in [1.29, 1.82) is 5.26 Å². The van der Waals surface area contributed by atoms with Crippen LogP contribution in [0.4, 0.5) is 5.69 Å². The molecule has 0 amide bonds. The largest absolute Gasteiger partial charge is 0.370 e. The van der Waals surface area contributed by atoms with Crippen molar-refractivity contribution < 1.29 is 0 Å². The molecule has 1 fully saturated rings. The summed E-state index contributed by atoms with van der Waals surface area (Å²) in [4.78, 5) is 7.37. The summed E-state index contributed by atoms with van der Waals surface area (Å²) < 4.78 is 1.83. The number of nitriles is 1. The van der Waals surface area contributed by atoms with Crippen LogP contribution in [-0.2, 0) is 7.05 Å². The first kappa shape index (κ1) is 20.2. The van der Waals surface area contributed by atoms with Gasteiger partial charge in [-0.1, -0.05) is 18.2 Å². The molecule has 1 aliphatic heterocycles. The summed E-state index contributed by atoms with van der Waals surface area (Å²) >= 11 is 0. The van der Waals surface area contributed by atoms with Gasteiger partial charge in [0.2, 0.25) is 0 Å². The van der Waals surface area contributed by atoms with Crippen LogP contribution in [0.25, 0.3) is 33.3 Å². The van der Waals surface area contributed by atoms with Crippen LogP contribution in [0.15, 0.2) is 60.9 Å². The average molecular weight is 423 g/mol. The Balaban J connectivity index is 1.59. The minimum Gasteiger partial charge on any atom is -0.370 e.